The Morgan fingerprint density at radius 2 is 1.68 bits per heavy atom. The third-order valence-corrected chi connectivity index (χ3v) is 6.48. The van der Waals surface area contributed by atoms with Crippen molar-refractivity contribution in [1.29, 1.82) is 0 Å². The zero-order valence-corrected chi connectivity index (χ0v) is 19.8. The first-order valence-corrected chi connectivity index (χ1v) is 11.7. The maximum Gasteiger partial charge on any atom is 0.243 e. The molecule has 178 valence electrons. The van der Waals surface area contributed by atoms with Crippen molar-refractivity contribution in [2.75, 3.05) is 6.54 Å². The van der Waals surface area contributed by atoms with Crippen molar-refractivity contribution in [2.24, 2.45) is 7.05 Å². The number of benzene rings is 2. The minimum Gasteiger partial charge on any atom is -0.343 e. The molecule has 2 heterocycles. The monoisotopic (exact) mass is 462 g/mol. The fourth-order valence-corrected chi connectivity index (χ4v) is 4.46. The van der Waals surface area contributed by atoms with Crippen molar-refractivity contribution in [3.63, 3.8) is 0 Å². The van der Waals surface area contributed by atoms with E-state index in [1.807, 2.05) is 42.5 Å². The molecular weight excluding hydrogens is 431 g/mol. The number of likely N-dealkylation sites (tertiary alicyclic amines) is 1. The van der Waals surface area contributed by atoms with Crippen molar-refractivity contribution >= 4 is 11.8 Å². The summed E-state index contributed by atoms with van der Waals surface area (Å²) in [4.78, 5) is 27.8. The first-order valence-electron chi connectivity index (χ1n) is 11.7. The number of nitrogens with one attached hydrogen (secondary N) is 1. The first-order chi connectivity index (χ1) is 16.3. The van der Waals surface area contributed by atoms with Crippen LogP contribution in [0.2, 0.25) is 0 Å². The Bertz CT molecular complexity index is 1130. The average Bonchev–Trinajstić information content (AvgIpc) is 3.43. The number of aryl methyl sites for hydroxylation is 1. The molecule has 0 unspecified atom stereocenters. The van der Waals surface area contributed by atoms with Gasteiger partial charge < -0.3 is 10.2 Å². The van der Waals surface area contributed by atoms with Gasteiger partial charge in [-0.2, -0.15) is 5.10 Å². The van der Waals surface area contributed by atoms with Crippen molar-refractivity contribution in [1.82, 2.24) is 20.0 Å². The van der Waals surface area contributed by atoms with E-state index in [9.17, 15) is 14.0 Å². The maximum atomic E-state index is 14.4. The third kappa shape index (κ3) is 5.19. The molecule has 1 N–H and O–H groups in total. The lowest BCUT2D eigenvalue weighted by Crippen LogP contribution is -2.47. The molecule has 0 radical (unpaired) electrons. The Labute approximate surface area is 199 Å². The number of alkyl halides is 1. The fourth-order valence-electron chi connectivity index (χ4n) is 4.46. The van der Waals surface area contributed by atoms with Crippen LogP contribution in [-0.2, 0) is 23.1 Å². The summed E-state index contributed by atoms with van der Waals surface area (Å²) >= 11 is 0. The highest BCUT2D eigenvalue weighted by Crippen LogP contribution is 2.27. The fraction of sp³-hybridized carbons (Fsp3) is 0.370. The van der Waals surface area contributed by atoms with Gasteiger partial charge in [-0.1, -0.05) is 68.4 Å². The lowest BCUT2D eigenvalue weighted by Gasteiger charge is -2.27. The summed E-state index contributed by atoms with van der Waals surface area (Å²) in [6.07, 6.45) is 0.457. The van der Waals surface area contributed by atoms with Gasteiger partial charge in [-0.3, -0.25) is 14.3 Å². The molecule has 4 rings (SSSR count). The highest BCUT2D eigenvalue weighted by atomic mass is 19.1. The van der Waals surface area contributed by atoms with Gasteiger partial charge in [0.2, 0.25) is 11.8 Å². The van der Waals surface area contributed by atoms with Crippen LogP contribution in [0.3, 0.4) is 0 Å². The maximum absolute atomic E-state index is 14.4. The van der Waals surface area contributed by atoms with Crippen LogP contribution in [0.1, 0.15) is 54.6 Å². The summed E-state index contributed by atoms with van der Waals surface area (Å²) in [5.41, 5.74) is 3.80. The number of rotatable bonds is 7. The first kappa shape index (κ1) is 23.7. The van der Waals surface area contributed by atoms with Crippen LogP contribution in [0.25, 0.3) is 0 Å². The lowest BCUT2D eigenvalue weighted by atomic mass is 9.95. The second-order valence-electron chi connectivity index (χ2n) is 9.19. The summed E-state index contributed by atoms with van der Waals surface area (Å²) in [7, 11) is 1.75. The molecule has 0 spiro atoms. The van der Waals surface area contributed by atoms with Crippen LogP contribution >= 0.6 is 0 Å². The van der Waals surface area contributed by atoms with Crippen molar-refractivity contribution < 1.29 is 14.0 Å². The molecule has 0 saturated carbocycles. The van der Waals surface area contributed by atoms with Crippen molar-refractivity contribution in [2.45, 2.75) is 50.9 Å². The van der Waals surface area contributed by atoms with E-state index in [0.29, 0.717) is 5.92 Å². The van der Waals surface area contributed by atoms with Gasteiger partial charge in [0, 0.05) is 25.4 Å². The van der Waals surface area contributed by atoms with Gasteiger partial charge in [0.05, 0.1) is 19.0 Å². The van der Waals surface area contributed by atoms with Gasteiger partial charge in [-0.05, 0) is 28.7 Å². The summed E-state index contributed by atoms with van der Waals surface area (Å²) in [5, 5.41) is 7.18. The van der Waals surface area contributed by atoms with Gasteiger partial charge in [0.1, 0.15) is 12.2 Å². The largest absolute Gasteiger partial charge is 0.343 e. The molecule has 7 heteroatoms. The Balaban J connectivity index is 1.56. The van der Waals surface area contributed by atoms with Gasteiger partial charge in [0.15, 0.2) is 0 Å². The number of carbonyl (C=O) groups excluding carboxylic acids is 2. The Morgan fingerprint density at radius 3 is 2.29 bits per heavy atom. The molecule has 1 aliphatic rings. The molecule has 3 aromatic rings. The van der Waals surface area contributed by atoms with Crippen LogP contribution in [0.5, 0.6) is 0 Å². The number of aromatic nitrogens is 2. The van der Waals surface area contributed by atoms with Crippen molar-refractivity contribution in [3.05, 3.63) is 89.2 Å². The Morgan fingerprint density at radius 1 is 1.03 bits per heavy atom. The predicted molar refractivity (Wildman–Crippen MR) is 129 cm³/mol. The number of amides is 2. The standard InChI is InChI=1S/C27H31FN4O2/c1-18(2)19-9-11-21(12-10-19)26(20-7-5-4-6-8-20)30-27(34)24-15-22(28)17-32(24)25(33)16-23-13-14-29-31(23)3/h4-14,18,22,24,26H,15-17H2,1-3H3,(H,30,34)/t22-,24+,26+/m1/s1. The smallest absolute Gasteiger partial charge is 0.243 e. The normalized spacial score (nSPS) is 18.8. The van der Waals surface area contributed by atoms with E-state index in [1.54, 1.807) is 24.0 Å². The van der Waals surface area contributed by atoms with Gasteiger partial charge >= 0.3 is 0 Å². The minimum absolute atomic E-state index is 0.00322. The van der Waals surface area contributed by atoms with Crippen LogP contribution in [-0.4, -0.2) is 45.3 Å². The number of hydrogen-bond acceptors (Lipinski definition) is 3. The number of halogens is 1. The molecule has 6 nitrogen and oxygen atoms in total. The average molecular weight is 463 g/mol. The van der Waals surface area contributed by atoms with Gasteiger partial charge in [0.25, 0.3) is 0 Å². The molecule has 1 fully saturated rings. The third-order valence-electron chi connectivity index (χ3n) is 6.48. The van der Waals surface area contributed by atoms with Crippen LogP contribution in [0.15, 0.2) is 66.9 Å². The molecule has 2 aromatic carbocycles. The van der Waals surface area contributed by atoms with Crippen molar-refractivity contribution in [3.8, 4) is 0 Å². The van der Waals surface area contributed by atoms with Crippen LogP contribution in [0.4, 0.5) is 4.39 Å². The number of carbonyl (C=O) groups is 2. The minimum atomic E-state index is -1.23. The van der Waals surface area contributed by atoms with E-state index in [2.05, 4.69) is 36.4 Å². The quantitative estimate of drug-likeness (QED) is 0.579. The Kier molecular flexibility index (Phi) is 7.10. The van der Waals surface area contributed by atoms with E-state index >= 15 is 0 Å². The second kappa shape index (κ2) is 10.2. The summed E-state index contributed by atoms with van der Waals surface area (Å²) < 4.78 is 16.0. The zero-order chi connectivity index (χ0) is 24.2. The van der Waals surface area contributed by atoms with E-state index in [4.69, 9.17) is 0 Å². The molecule has 0 bridgehead atoms. The summed E-state index contributed by atoms with van der Waals surface area (Å²) in [6.45, 7) is 4.19. The SMILES string of the molecule is CC(C)c1ccc([C@@H](NC(=O)[C@@H]2C[C@@H](F)CN2C(=O)Cc2ccnn2C)c2ccccc2)cc1. The summed E-state index contributed by atoms with van der Waals surface area (Å²) in [6, 6.07) is 18.4. The summed E-state index contributed by atoms with van der Waals surface area (Å²) in [5.74, 6) is -0.223. The van der Waals surface area contributed by atoms with Crippen LogP contribution in [0, 0.1) is 0 Å². The molecule has 1 aromatic heterocycles. The molecular formula is C27H31FN4O2. The predicted octanol–water partition coefficient (Wildman–Crippen LogP) is 3.93. The number of hydrogen-bond donors (Lipinski definition) is 1. The molecule has 1 aliphatic heterocycles. The second-order valence-corrected chi connectivity index (χ2v) is 9.19. The molecule has 0 aliphatic carbocycles. The molecule has 3 atom stereocenters. The van der Waals surface area contributed by atoms with E-state index in [-0.39, 0.29) is 31.2 Å². The van der Waals surface area contributed by atoms with E-state index < -0.39 is 18.3 Å². The molecule has 1 saturated heterocycles. The lowest BCUT2D eigenvalue weighted by molar-refractivity contribution is -0.138. The Hall–Kier alpha value is -3.48. The highest BCUT2D eigenvalue weighted by Gasteiger charge is 2.40. The van der Waals surface area contributed by atoms with Crippen LogP contribution < -0.4 is 5.32 Å². The number of nitrogens with zero attached hydrogens (tertiary/aromatic N) is 3. The van der Waals surface area contributed by atoms with E-state index in [0.717, 1.165) is 16.8 Å². The zero-order valence-electron chi connectivity index (χ0n) is 19.8. The topological polar surface area (TPSA) is 67.2 Å². The van der Waals surface area contributed by atoms with Gasteiger partial charge in [-0.25, -0.2) is 4.39 Å². The molecule has 34 heavy (non-hydrogen) atoms. The van der Waals surface area contributed by atoms with E-state index in [1.165, 1.54) is 10.5 Å². The highest BCUT2D eigenvalue weighted by molar-refractivity contribution is 5.89. The van der Waals surface area contributed by atoms with Gasteiger partial charge in [-0.15, -0.1) is 0 Å². The molecule has 2 amide bonds.